The van der Waals surface area contributed by atoms with Gasteiger partial charge in [-0.15, -0.1) is 6.42 Å². The third kappa shape index (κ3) is 4.99. The molecule has 0 aliphatic heterocycles. The average Bonchev–Trinajstić information content (AvgIpc) is 3.07. The molecule has 1 aliphatic rings. The topological polar surface area (TPSA) is 64.2 Å². The summed E-state index contributed by atoms with van der Waals surface area (Å²) in [6.45, 7) is 8.93. The summed E-state index contributed by atoms with van der Waals surface area (Å²) in [6.07, 6.45) is 7.18. The van der Waals surface area contributed by atoms with Gasteiger partial charge in [0.15, 0.2) is 5.76 Å². The Morgan fingerprint density at radius 2 is 2.07 bits per heavy atom. The highest BCUT2D eigenvalue weighted by Gasteiger charge is 2.62. The number of benzene rings is 1. The van der Waals surface area contributed by atoms with Crippen molar-refractivity contribution in [2.45, 2.75) is 53.2 Å². The molecule has 30 heavy (non-hydrogen) atoms. The molecule has 0 amide bonds. The molecule has 3 unspecified atom stereocenters. The largest absolute Gasteiger partial charge is 0.460 e. The summed E-state index contributed by atoms with van der Waals surface area (Å²) in [5.41, 5.74) is 1.73. The van der Waals surface area contributed by atoms with E-state index in [0.29, 0.717) is 18.7 Å². The molecule has 1 fully saturated rings. The third-order valence-electron chi connectivity index (χ3n) is 6.03. The zero-order valence-electron chi connectivity index (χ0n) is 18.2. The second kappa shape index (κ2) is 9.30. The minimum atomic E-state index is -0.211. The number of azo groups is 1. The lowest BCUT2D eigenvalue weighted by atomic mass is 10.1. The predicted molar refractivity (Wildman–Crippen MR) is 116 cm³/mol. The van der Waals surface area contributed by atoms with Crippen molar-refractivity contribution < 1.29 is 13.9 Å². The molecular weight excluding hydrogens is 376 g/mol. The molecule has 0 spiro atoms. The summed E-state index contributed by atoms with van der Waals surface area (Å²) in [7, 11) is 0. The van der Waals surface area contributed by atoms with Gasteiger partial charge in [0.2, 0.25) is 0 Å². The van der Waals surface area contributed by atoms with Gasteiger partial charge in [0.05, 0.1) is 18.5 Å². The first-order valence-electron chi connectivity index (χ1n) is 10.5. The maximum absolute atomic E-state index is 12.7. The molecule has 1 saturated carbocycles. The Bertz CT molecular complexity index is 937. The number of hydrogen-bond acceptors (Lipinski definition) is 5. The molecule has 3 atom stereocenters. The van der Waals surface area contributed by atoms with Gasteiger partial charge in [-0.25, -0.2) is 0 Å². The first-order chi connectivity index (χ1) is 14.4. The number of nitrogens with zero attached hydrogens (tertiary/aromatic N) is 2. The fourth-order valence-corrected chi connectivity index (χ4v) is 3.75. The molecule has 0 N–H and O–H groups in total. The lowest BCUT2D eigenvalue weighted by molar-refractivity contribution is -0.147. The summed E-state index contributed by atoms with van der Waals surface area (Å²) < 4.78 is 11.4. The standard InChI is InChI=1S/C25H30N2O3/c1-6-17(3)27-26-15-21-23(25(21,4)5)24(28)29-16-19-14-20(30-22(19)7-2)13-18-11-9-8-10-12-18/h2,8-12,14,17,21,23H,6,13,15-16H2,1,3-5H3. The lowest BCUT2D eigenvalue weighted by Gasteiger charge is -2.04. The van der Waals surface area contributed by atoms with Gasteiger partial charge in [-0.3, -0.25) is 4.79 Å². The zero-order chi connectivity index (χ0) is 21.7. The quantitative estimate of drug-likeness (QED) is 0.317. The van der Waals surface area contributed by atoms with Crippen LogP contribution in [0, 0.1) is 29.6 Å². The highest BCUT2D eigenvalue weighted by atomic mass is 16.5. The fourth-order valence-electron chi connectivity index (χ4n) is 3.75. The molecule has 5 nitrogen and oxygen atoms in total. The van der Waals surface area contributed by atoms with Crippen LogP contribution >= 0.6 is 0 Å². The van der Waals surface area contributed by atoms with E-state index in [1.165, 1.54) is 0 Å². The van der Waals surface area contributed by atoms with Crippen molar-refractivity contribution in [3.8, 4) is 12.3 Å². The Morgan fingerprint density at radius 1 is 1.33 bits per heavy atom. The van der Waals surface area contributed by atoms with E-state index in [9.17, 15) is 4.79 Å². The maximum Gasteiger partial charge on any atom is 0.310 e. The molecule has 158 valence electrons. The molecule has 1 aromatic heterocycles. The van der Waals surface area contributed by atoms with Crippen LogP contribution in [0.4, 0.5) is 0 Å². The van der Waals surface area contributed by atoms with Crippen LogP contribution in [0.15, 0.2) is 51.0 Å². The maximum atomic E-state index is 12.7. The van der Waals surface area contributed by atoms with Crippen molar-refractivity contribution in [1.29, 1.82) is 0 Å². The van der Waals surface area contributed by atoms with E-state index in [1.807, 2.05) is 43.3 Å². The minimum Gasteiger partial charge on any atom is -0.460 e. The van der Waals surface area contributed by atoms with Crippen molar-refractivity contribution in [1.82, 2.24) is 0 Å². The van der Waals surface area contributed by atoms with Crippen LogP contribution < -0.4 is 0 Å². The van der Waals surface area contributed by atoms with Crippen LogP contribution in [-0.2, 0) is 22.6 Å². The molecule has 1 aliphatic carbocycles. The number of ether oxygens (including phenoxy) is 1. The number of furan rings is 1. The van der Waals surface area contributed by atoms with Crippen LogP contribution in [0.5, 0.6) is 0 Å². The first-order valence-corrected chi connectivity index (χ1v) is 10.5. The number of hydrogen-bond donors (Lipinski definition) is 0. The summed E-state index contributed by atoms with van der Waals surface area (Å²) in [5.74, 6) is 3.51. The summed E-state index contributed by atoms with van der Waals surface area (Å²) in [4.78, 5) is 12.7. The number of carbonyl (C=O) groups excluding carboxylic acids is 1. The van der Waals surface area contributed by atoms with E-state index >= 15 is 0 Å². The van der Waals surface area contributed by atoms with Gasteiger partial charge in [0, 0.05) is 12.0 Å². The van der Waals surface area contributed by atoms with E-state index in [-0.39, 0.29) is 35.9 Å². The molecule has 3 rings (SSSR count). The second-order valence-electron chi connectivity index (χ2n) is 8.58. The minimum absolute atomic E-state index is 0.115. The van der Waals surface area contributed by atoms with Crippen LogP contribution in [0.3, 0.4) is 0 Å². The van der Waals surface area contributed by atoms with E-state index < -0.39 is 0 Å². The normalized spacial score (nSPS) is 20.6. The number of esters is 1. The second-order valence-corrected chi connectivity index (χ2v) is 8.58. The molecule has 2 aromatic rings. The fraction of sp³-hybridized carbons (Fsp3) is 0.480. The molecule has 5 heteroatoms. The number of carbonyl (C=O) groups is 1. The van der Waals surface area contributed by atoms with Gasteiger partial charge >= 0.3 is 5.97 Å². The summed E-state index contributed by atoms with van der Waals surface area (Å²) in [5, 5.41) is 8.57. The molecule has 0 saturated heterocycles. The highest BCUT2D eigenvalue weighted by molar-refractivity contribution is 5.77. The lowest BCUT2D eigenvalue weighted by Crippen LogP contribution is -2.11. The van der Waals surface area contributed by atoms with Gasteiger partial charge in [0.1, 0.15) is 12.4 Å². The molecule has 1 heterocycles. The number of rotatable bonds is 9. The summed E-state index contributed by atoms with van der Waals surface area (Å²) in [6, 6.07) is 12.1. The third-order valence-corrected chi connectivity index (χ3v) is 6.03. The predicted octanol–water partition coefficient (Wildman–Crippen LogP) is 5.42. The SMILES string of the molecule is C#Cc1oc(Cc2ccccc2)cc1COC(=O)C1C(CN=NC(C)CC)C1(C)C. The van der Waals surface area contributed by atoms with Crippen molar-refractivity contribution in [3.05, 3.63) is 59.0 Å². The Kier molecular flexibility index (Phi) is 6.77. The van der Waals surface area contributed by atoms with Crippen molar-refractivity contribution in [3.63, 3.8) is 0 Å². The molecule has 0 bridgehead atoms. The monoisotopic (exact) mass is 406 g/mol. The smallest absolute Gasteiger partial charge is 0.310 e. The van der Waals surface area contributed by atoms with Gasteiger partial charge in [-0.2, -0.15) is 10.2 Å². The number of terminal acetylenes is 1. The van der Waals surface area contributed by atoms with E-state index in [1.54, 1.807) is 0 Å². The summed E-state index contributed by atoms with van der Waals surface area (Å²) >= 11 is 0. The van der Waals surface area contributed by atoms with Crippen LogP contribution in [0.1, 0.15) is 56.8 Å². The van der Waals surface area contributed by atoms with E-state index in [4.69, 9.17) is 15.6 Å². The van der Waals surface area contributed by atoms with Crippen molar-refractivity contribution in [2.75, 3.05) is 6.54 Å². The van der Waals surface area contributed by atoms with Crippen LogP contribution in [0.25, 0.3) is 0 Å². The van der Waals surface area contributed by atoms with Crippen molar-refractivity contribution in [2.24, 2.45) is 27.5 Å². The van der Waals surface area contributed by atoms with Crippen molar-refractivity contribution >= 4 is 5.97 Å². The van der Waals surface area contributed by atoms with E-state index in [0.717, 1.165) is 23.3 Å². The van der Waals surface area contributed by atoms with Gasteiger partial charge in [-0.05, 0) is 42.2 Å². The Hall–Kier alpha value is -2.87. The Morgan fingerprint density at radius 3 is 2.73 bits per heavy atom. The molecule has 0 radical (unpaired) electrons. The van der Waals surface area contributed by atoms with Gasteiger partial charge in [-0.1, -0.05) is 51.1 Å². The highest BCUT2D eigenvalue weighted by Crippen LogP contribution is 2.58. The zero-order valence-corrected chi connectivity index (χ0v) is 18.2. The molecular formula is C25H30N2O3. The van der Waals surface area contributed by atoms with Crippen LogP contribution in [0.2, 0.25) is 0 Å². The molecule has 1 aromatic carbocycles. The Labute approximate surface area is 178 Å². The average molecular weight is 407 g/mol. The van der Waals surface area contributed by atoms with Gasteiger partial charge in [0.25, 0.3) is 0 Å². The van der Waals surface area contributed by atoms with E-state index in [2.05, 4.69) is 36.9 Å². The van der Waals surface area contributed by atoms with Gasteiger partial charge < -0.3 is 9.15 Å². The van der Waals surface area contributed by atoms with Crippen LogP contribution in [-0.4, -0.2) is 18.6 Å². The Balaban J connectivity index is 1.58. The first kappa shape index (κ1) is 21.8.